The Morgan fingerprint density at radius 1 is 1.62 bits per heavy atom. The van der Waals surface area contributed by atoms with E-state index in [1.807, 2.05) is 0 Å². The van der Waals surface area contributed by atoms with Crippen LogP contribution < -0.4 is 0 Å². The zero-order valence-corrected chi connectivity index (χ0v) is 7.84. The van der Waals surface area contributed by atoms with E-state index in [1.54, 1.807) is 0 Å². The number of ether oxygens (including phenoxy) is 1. The summed E-state index contributed by atoms with van der Waals surface area (Å²) in [7, 11) is 1.53. The number of benzene rings is 1. The Morgan fingerprint density at radius 2 is 2.31 bits per heavy atom. The van der Waals surface area contributed by atoms with Crippen LogP contribution in [0.1, 0.15) is 15.9 Å². The first kappa shape index (κ1) is 10.0. The molecular weight excluding hydrogens is 192 g/mol. The monoisotopic (exact) mass is 200 g/mol. The predicted octanol–water partition coefficient (Wildman–Crippen LogP) is 2.00. The maximum Gasteiger partial charge on any atom is 0.153 e. The van der Waals surface area contributed by atoms with E-state index in [0.717, 1.165) is 0 Å². The summed E-state index contributed by atoms with van der Waals surface area (Å²) in [6.07, 6.45) is 0.553. The average molecular weight is 201 g/mol. The molecule has 0 radical (unpaired) electrons. The summed E-state index contributed by atoms with van der Waals surface area (Å²) in [5.74, 6) is -0.0774. The van der Waals surface area contributed by atoms with E-state index < -0.39 is 0 Å². The number of phenols is 1. The van der Waals surface area contributed by atoms with Gasteiger partial charge in [-0.1, -0.05) is 11.6 Å². The SMILES string of the molecule is COCc1cc(O)c(C=O)cc1Cl. The van der Waals surface area contributed by atoms with Crippen LogP contribution in [0.4, 0.5) is 0 Å². The summed E-state index contributed by atoms with van der Waals surface area (Å²) in [5.41, 5.74) is 0.845. The normalized spacial score (nSPS) is 10.0. The van der Waals surface area contributed by atoms with Gasteiger partial charge in [0, 0.05) is 17.7 Å². The number of methoxy groups -OCH3 is 1. The van der Waals surface area contributed by atoms with E-state index in [2.05, 4.69) is 0 Å². The highest BCUT2D eigenvalue weighted by Gasteiger charge is 2.06. The largest absolute Gasteiger partial charge is 0.507 e. The molecule has 4 heteroatoms. The molecule has 1 N–H and O–H groups in total. The first-order valence-corrected chi connectivity index (χ1v) is 4.02. The van der Waals surface area contributed by atoms with Gasteiger partial charge in [0.05, 0.1) is 12.2 Å². The summed E-state index contributed by atoms with van der Waals surface area (Å²) >= 11 is 5.81. The minimum atomic E-state index is -0.0774. The lowest BCUT2D eigenvalue weighted by molar-refractivity contribution is 0.112. The molecule has 0 spiro atoms. The molecule has 1 rings (SSSR count). The van der Waals surface area contributed by atoms with Gasteiger partial charge in [-0.3, -0.25) is 4.79 Å². The summed E-state index contributed by atoms with van der Waals surface area (Å²) in [5, 5.41) is 9.72. The van der Waals surface area contributed by atoms with Gasteiger partial charge in [-0.2, -0.15) is 0 Å². The Morgan fingerprint density at radius 3 is 2.85 bits per heavy atom. The van der Waals surface area contributed by atoms with Crippen LogP contribution in [0.3, 0.4) is 0 Å². The van der Waals surface area contributed by atoms with E-state index in [-0.39, 0.29) is 11.3 Å². The van der Waals surface area contributed by atoms with Crippen molar-refractivity contribution in [3.63, 3.8) is 0 Å². The summed E-state index contributed by atoms with van der Waals surface area (Å²) in [4.78, 5) is 10.4. The molecule has 1 aromatic carbocycles. The third kappa shape index (κ3) is 2.20. The number of rotatable bonds is 3. The van der Waals surface area contributed by atoms with Crippen molar-refractivity contribution in [1.29, 1.82) is 0 Å². The van der Waals surface area contributed by atoms with Crippen molar-refractivity contribution >= 4 is 17.9 Å². The fourth-order valence-corrected chi connectivity index (χ4v) is 1.21. The standard InChI is InChI=1S/C9H9ClO3/c1-13-5-7-3-9(12)6(4-11)2-8(7)10/h2-4,12H,5H2,1H3. The molecule has 0 amide bonds. The van der Waals surface area contributed by atoms with E-state index in [9.17, 15) is 9.90 Å². The molecule has 0 saturated carbocycles. The van der Waals surface area contributed by atoms with Crippen LogP contribution in [-0.4, -0.2) is 18.5 Å². The molecule has 70 valence electrons. The number of phenolic OH excluding ortho intramolecular Hbond substituents is 1. The molecule has 0 fully saturated rings. The maximum absolute atomic E-state index is 10.4. The third-order valence-corrected chi connectivity index (χ3v) is 1.97. The van der Waals surface area contributed by atoms with Crippen molar-refractivity contribution in [2.45, 2.75) is 6.61 Å². The number of hydrogen-bond acceptors (Lipinski definition) is 3. The van der Waals surface area contributed by atoms with E-state index in [4.69, 9.17) is 16.3 Å². The quantitative estimate of drug-likeness (QED) is 0.760. The van der Waals surface area contributed by atoms with Crippen molar-refractivity contribution in [3.8, 4) is 5.75 Å². The summed E-state index contributed by atoms with van der Waals surface area (Å²) in [6.45, 7) is 0.311. The van der Waals surface area contributed by atoms with Gasteiger partial charge in [0.2, 0.25) is 0 Å². The van der Waals surface area contributed by atoms with Gasteiger partial charge in [-0.05, 0) is 12.1 Å². The Labute approximate surface area is 80.9 Å². The molecule has 3 nitrogen and oxygen atoms in total. The minimum absolute atomic E-state index is 0.0774. The second kappa shape index (κ2) is 4.25. The van der Waals surface area contributed by atoms with Gasteiger partial charge >= 0.3 is 0 Å². The lowest BCUT2D eigenvalue weighted by Gasteiger charge is -2.05. The molecule has 1 aromatic rings. The van der Waals surface area contributed by atoms with Crippen LogP contribution in [0.15, 0.2) is 12.1 Å². The lowest BCUT2D eigenvalue weighted by Crippen LogP contribution is -1.91. The molecule has 0 saturated heterocycles. The second-order valence-electron chi connectivity index (χ2n) is 2.55. The number of aldehydes is 1. The highest BCUT2D eigenvalue weighted by molar-refractivity contribution is 6.31. The molecule has 0 atom stereocenters. The van der Waals surface area contributed by atoms with Gasteiger partial charge in [-0.15, -0.1) is 0 Å². The fraction of sp³-hybridized carbons (Fsp3) is 0.222. The highest BCUT2D eigenvalue weighted by atomic mass is 35.5. The third-order valence-electron chi connectivity index (χ3n) is 1.62. The first-order valence-electron chi connectivity index (χ1n) is 3.64. The van der Waals surface area contributed by atoms with Gasteiger partial charge < -0.3 is 9.84 Å². The second-order valence-corrected chi connectivity index (χ2v) is 2.96. The zero-order valence-electron chi connectivity index (χ0n) is 7.08. The molecule has 0 aromatic heterocycles. The Balaban J connectivity index is 3.12. The molecule has 0 heterocycles. The molecule has 0 bridgehead atoms. The molecule has 0 aliphatic carbocycles. The van der Waals surface area contributed by atoms with Gasteiger partial charge in [0.1, 0.15) is 5.75 Å². The molecule has 0 aliphatic rings. The Bertz CT molecular complexity index is 323. The van der Waals surface area contributed by atoms with Crippen molar-refractivity contribution in [2.24, 2.45) is 0 Å². The van der Waals surface area contributed by atoms with Gasteiger partial charge in [0.15, 0.2) is 6.29 Å². The van der Waals surface area contributed by atoms with Crippen molar-refractivity contribution in [3.05, 3.63) is 28.3 Å². The highest BCUT2D eigenvalue weighted by Crippen LogP contribution is 2.25. The molecule has 0 unspecified atom stereocenters. The number of carbonyl (C=O) groups excluding carboxylic acids is 1. The Kier molecular flexibility index (Phi) is 3.28. The van der Waals surface area contributed by atoms with E-state index >= 15 is 0 Å². The maximum atomic E-state index is 10.4. The van der Waals surface area contributed by atoms with Crippen molar-refractivity contribution in [2.75, 3.05) is 7.11 Å². The average Bonchev–Trinajstić information content (AvgIpc) is 2.11. The number of hydrogen-bond donors (Lipinski definition) is 1. The smallest absolute Gasteiger partial charge is 0.153 e. The summed E-state index contributed by atoms with van der Waals surface area (Å²) < 4.78 is 4.85. The van der Waals surface area contributed by atoms with E-state index in [0.29, 0.717) is 23.5 Å². The van der Waals surface area contributed by atoms with E-state index in [1.165, 1.54) is 19.2 Å². The molecule has 13 heavy (non-hydrogen) atoms. The zero-order chi connectivity index (χ0) is 9.84. The van der Waals surface area contributed by atoms with Crippen LogP contribution in [-0.2, 0) is 11.3 Å². The van der Waals surface area contributed by atoms with Crippen LogP contribution >= 0.6 is 11.6 Å². The van der Waals surface area contributed by atoms with Crippen LogP contribution in [0.2, 0.25) is 5.02 Å². The molecule has 0 aliphatic heterocycles. The van der Waals surface area contributed by atoms with Crippen molar-refractivity contribution in [1.82, 2.24) is 0 Å². The first-order chi connectivity index (χ1) is 6.19. The molecular formula is C9H9ClO3. The van der Waals surface area contributed by atoms with Gasteiger partial charge in [-0.25, -0.2) is 0 Å². The topological polar surface area (TPSA) is 46.5 Å². The fourth-order valence-electron chi connectivity index (χ4n) is 0.981. The van der Waals surface area contributed by atoms with Gasteiger partial charge in [0.25, 0.3) is 0 Å². The number of aromatic hydroxyl groups is 1. The minimum Gasteiger partial charge on any atom is -0.507 e. The summed E-state index contributed by atoms with van der Waals surface area (Å²) in [6, 6.07) is 2.84. The van der Waals surface area contributed by atoms with Crippen LogP contribution in [0.5, 0.6) is 5.75 Å². The van der Waals surface area contributed by atoms with Crippen molar-refractivity contribution < 1.29 is 14.6 Å². The number of halogens is 1. The lowest BCUT2D eigenvalue weighted by atomic mass is 10.1. The number of carbonyl (C=O) groups is 1. The van der Waals surface area contributed by atoms with Crippen LogP contribution in [0, 0.1) is 0 Å². The Hall–Kier alpha value is -1.06. The predicted molar refractivity (Wildman–Crippen MR) is 49.2 cm³/mol. The van der Waals surface area contributed by atoms with Crippen LogP contribution in [0.25, 0.3) is 0 Å².